The van der Waals surface area contributed by atoms with E-state index in [-0.39, 0.29) is 13.0 Å². The Hall–Kier alpha value is -1.99. The van der Waals surface area contributed by atoms with Gasteiger partial charge in [0, 0.05) is 30.7 Å². The first-order valence-electron chi connectivity index (χ1n) is 9.28. The molecule has 1 amide bonds. The molecule has 0 bridgehead atoms. The molecule has 0 aliphatic carbocycles. The zero-order chi connectivity index (χ0) is 21.3. The van der Waals surface area contributed by atoms with Crippen molar-refractivity contribution in [3.05, 3.63) is 29.3 Å². The van der Waals surface area contributed by atoms with E-state index in [0.29, 0.717) is 25.4 Å². The van der Waals surface area contributed by atoms with Crippen molar-refractivity contribution in [2.75, 3.05) is 30.5 Å². The van der Waals surface area contributed by atoms with Crippen molar-refractivity contribution in [1.29, 1.82) is 0 Å². The molecule has 1 aromatic rings. The number of alkyl carbamates (subject to hydrolysis) is 1. The van der Waals surface area contributed by atoms with Crippen molar-refractivity contribution in [2.24, 2.45) is 0 Å². The standard InChI is InChI=1S/C20H31ClN2O5/c1-14-5-6-17(23(8-7-21)9-10-24)12-15(14)11-16(13-18(25)26)22-19(27)28-20(2,3)4/h5-6,12,16,24H,7-11,13H2,1-4H3,(H,22,27)(H,25,26)/t16-/m0/s1. The second-order valence-corrected chi connectivity index (χ2v) is 8.03. The highest BCUT2D eigenvalue weighted by Gasteiger charge is 2.22. The Labute approximate surface area is 171 Å². The molecule has 0 spiro atoms. The third-order valence-electron chi connectivity index (χ3n) is 4.03. The number of aliphatic carboxylic acids is 1. The van der Waals surface area contributed by atoms with E-state index < -0.39 is 23.7 Å². The van der Waals surface area contributed by atoms with Gasteiger partial charge in [0.05, 0.1) is 13.0 Å². The lowest BCUT2D eigenvalue weighted by molar-refractivity contribution is -0.137. The van der Waals surface area contributed by atoms with Gasteiger partial charge in [0.1, 0.15) is 5.60 Å². The van der Waals surface area contributed by atoms with Gasteiger partial charge in [0.15, 0.2) is 0 Å². The lowest BCUT2D eigenvalue weighted by atomic mass is 9.98. The minimum Gasteiger partial charge on any atom is -0.481 e. The van der Waals surface area contributed by atoms with Crippen LogP contribution < -0.4 is 10.2 Å². The molecule has 3 N–H and O–H groups in total. The Morgan fingerprint density at radius 2 is 1.96 bits per heavy atom. The summed E-state index contributed by atoms with van der Waals surface area (Å²) in [6, 6.07) is 5.22. The molecule has 7 nitrogen and oxygen atoms in total. The minimum absolute atomic E-state index is 0.00192. The highest BCUT2D eigenvalue weighted by molar-refractivity contribution is 6.18. The van der Waals surface area contributed by atoms with Crippen LogP contribution in [0.1, 0.15) is 38.3 Å². The Bertz CT molecular complexity index is 654. The van der Waals surface area contributed by atoms with Gasteiger partial charge in [0.2, 0.25) is 0 Å². The summed E-state index contributed by atoms with van der Waals surface area (Å²) in [5.41, 5.74) is 2.12. The second-order valence-electron chi connectivity index (χ2n) is 7.66. The number of nitrogens with one attached hydrogen (secondary N) is 1. The van der Waals surface area contributed by atoms with E-state index in [1.807, 2.05) is 30.0 Å². The molecule has 1 atom stereocenters. The van der Waals surface area contributed by atoms with Crippen LogP contribution >= 0.6 is 11.6 Å². The van der Waals surface area contributed by atoms with E-state index >= 15 is 0 Å². The molecule has 0 aliphatic rings. The molecule has 0 heterocycles. The minimum atomic E-state index is -1.00. The van der Waals surface area contributed by atoms with Crippen molar-refractivity contribution in [1.82, 2.24) is 5.32 Å². The smallest absolute Gasteiger partial charge is 0.407 e. The molecular formula is C20H31ClN2O5. The van der Waals surface area contributed by atoms with Crippen LogP contribution in [0.5, 0.6) is 0 Å². The van der Waals surface area contributed by atoms with Crippen LogP contribution in [0.25, 0.3) is 0 Å². The quantitative estimate of drug-likeness (QED) is 0.509. The number of carboxylic acids is 1. The molecular weight excluding hydrogens is 384 g/mol. The fourth-order valence-electron chi connectivity index (χ4n) is 2.79. The molecule has 158 valence electrons. The van der Waals surface area contributed by atoms with Crippen LogP contribution in [0.4, 0.5) is 10.5 Å². The molecule has 0 aliphatic heterocycles. The Kier molecular flexibility index (Phi) is 9.55. The fourth-order valence-corrected chi connectivity index (χ4v) is 3.00. The number of ether oxygens (including phenoxy) is 1. The van der Waals surface area contributed by atoms with Gasteiger partial charge < -0.3 is 25.2 Å². The number of carbonyl (C=O) groups excluding carboxylic acids is 1. The number of aliphatic hydroxyl groups is 1. The first-order chi connectivity index (χ1) is 13.1. The predicted octanol–water partition coefficient (Wildman–Crippen LogP) is 2.94. The highest BCUT2D eigenvalue weighted by atomic mass is 35.5. The van der Waals surface area contributed by atoms with Gasteiger partial charge >= 0.3 is 12.1 Å². The Balaban J connectivity index is 3.01. The number of benzene rings is 1. The summed E-state index contributed by atoms with van der Waals surface area (Å²) in [5.74, 6) is -0.579. The number of amides is 1. The van der Waals surface area contributed by atoms with Crippen LogP contribution in [-0.4, -0.2) is 59.5 Å². The number of aryl methyl sites for hydroxylation is 1. The number of carboxylic acid groups (broad SMARTS) is 1. The molecule has 0 fully saturated rings. The third kappa shape index (κ3) is 8.80. The number of alkyl halides is 1. The largest absolute Gasteiger partial charge is 0.481 e. The summed E-state index contributed by atoms with van der Waals surface area (Å²) < 4.78 is 5.25. The van der Waals surface area contributed by atoms with Gasteiger partial charge in [-0.25, -0.2) is 4.79 Å². The molecule has 0 radical (unpaired) electrons. The molecule has 0 unspecified atom stereocenters. The van der Waals surface area contributed by atoms with Gasteiger partial charge in [-0.05, 0) is 57.4 Å². The normalized spacial score (nSPS) is 12.4. The van der Waals surface area contributed by atoms with Gasteiger partial charge in [0.25, 0.3) is 0 Å². The number of nitrogens with zero attached hydrogens (tertiary/aromatic N) is 1. The van der Waals surface area contributed by atoms with Gasteiger partial charge in [-0.1, -0.05) is 6.07 Å². The average Bonchev–Trinajstić information content (AvgIpc) is 2.54. The number of aliphatic hydroxyl groups excluding tert-OH is 1. The van der Waals surface area contributed by atoms with E-state index in [1.165, 1.54) is 0 Å². The van der Waals surface area contributed by atoms with Crippen LogP contribution in [0.3, 0.4) is 0 Å². The molecule has 0 aromatic heterocycles. The van der Waals surface area contributed by atoms with Crippen molar-refractivity contribution >= 4 is 29.4 Å². The number of carbonyl (C=O) groups is 2. The van der Waals surface area contributed by atoms with Gasteiger partial charge in [-0.15, -0.1) is 11.6 Å². The summed E-state index contributed by atoms with van der Waals surface area (Å²) in [6.45, 7) is 8.21. The van der Waals surface area contributed by atoms with Crippen molar-refractivity contribution in [2.45, 2.75) is 52.2 Å². The molecule has 0 saturated carbocycles. The first-order valence-corrected chi connectivity index (χ1v) is 9.81. The maximum Gasteiger partial charge on any atom is 0.407 e. The van der Waals surface area contributed by atoms with E-state index in [2.05, 4.69) is 5.32 Å². The van der Waals surface area contributed by atoms with Crippen molar-refractivity contribution < 1.29 is 24.5 Å². The summed E-state index contributed by atoms with van der Waals surface area (Å²) in [4.78, 5) is 25.3. The summed E-state index contributed by atoms with van der Waals surface area (Å²) >= 11 is 5.85. The maximum atomic E-state index is 12.1. The third-order valence-corrected chi connectivity index (χ3v) is 4.20. The molecule has 0 saturated heterocycles. The number of rotatable bonds is 10. The molecule has 1 aromatic carbocycles. The number of anilines is 1. The topological polar surface area (TPSA) is 99.1 Å². The van der Waals surface area contributed by atoms with Gasteiger partial charge in [-0.3, -0.25) is 4.79 Å². The predicted molar refractivity (Wildman–Crippen MR) is 110 cm³/mol. The Morgan fingerprint density at radius 3 is 2.50 bits per heavy atom. The molecule has 28 heavy (non-hydrogen) atoms. The van der Waals surface area contributed by atoms with E-state index in [1.54, 1.807) is 20.8 Å². The average molecular weight is 415 g/mol. The number of hydrogen-bond donors (Lipinski definition) is 3. The van der Waals surface area contributed by atoms with Gasteiger partial charge in [-0.2, -0.15) is 0 Å². The van der Waals surface area contributed by atoms with Crippen LogP contribution in [0.15, 0.2) is 18.2 Å². The van der Waals surface area contributed by atoms with Crippen LogP contribution in [0, 0.1) is 6.92 Å². The van der Waals surface area contributed by atoms with Crippen molar-refractivity contribution in [3.63, 3.8) is 0 Å². The van der Waals surface area contributed by atoms with Crippen LogP contribution in [0.2, 0.25) is 0 Å². The SMILES string of the molecule is Cc1ccc(N(CCO)CCCl)cc1C[C@@H](CC(=O)O)NC(=O)OC(C)(C)C. The Morgan fingerprint density at radius 1 is 1.29 bits per heavy atom. The summed E-state index contributed by atoms with van der Waals surface area (Å²) in [7, 11) is 0. The van der Waals surface area contributed by atoms with E-state index in [9.17, 15) is 19.8 Å². The lowest BCUT2D eigenvalue weighted by Crippen LogP contribution is -2.41. The molecule has 8 heteroatoms. The maximum absolute atomic E-state index is 12.1. The van der Waals surface area contributed by atoms with Crippen molar-refractivity contribution in [3.8, 4) is 0 Å². The van der Waals surface area contributed by atoms with Crippen LogP contribution in [-0.2, 0) is 16.0 Å². The fraction of sp³-hybridized carbons (Fsp3) is 0.600. The molecule has 1 rings (SSSR count). The summed E-state index contributed by atoms with van der Waals surface area (Å²) in [5, 5.41) is 21.2. The first kappa shape index (κ1) is 24.0. The lowest BCUT2D eigenvalue weighted by Gasteiger charge is -2.26. The zero-order valence-electron chi connectivity index (χ0n) is 17.0. The zero-order valence-corrected chi connectivity index (χ0v) is 17.8. The van der Waals surface area contributed by atoms with E-state index in [0.717, 1.165) is 16.8 Å². The number of hydrogen-bond acceptors (Lipinski definition) is 5. The highest BCUT2D eigenvalue weighted by Crippen LogP contribution is 2.21. The second kappa shape index (κ2) is 11.1. The number of halogens is 1. The summed E-state index contributed by atoms with van der Waals surface area (Å²) in [6.07, 6.45) is -0.513. The van der Waals surface area contributed by atoms with E-state index in [4.69, 9.17) is 16.3 Å². The monoisotopic (exact) mass is 414 g/mol.